The van der Waals surface area contributed by atoms with Crippen LogP contribution in [0.1, 0.15) is 19.8 Å². The van der Waals surface area contributed by atoms with E-state index in [-0.39, 0.29) is 12.8 Å². The van der Waals surface area contributed by atoms with E-state index in [9.17, 15) is 44.4 Å². The van der Waals surface area contributed by atoms with Gasteiger partial charge in [-0.25, -0.2) is 14.4 Å². The topological polar surface area (TPSA) is 258 Å². The van der Waals surface area contributed by atoms with Crippen LogP contribution in [0.5, 0.6) is 0 Å². The minimum atomic E-state index is -1.88. The third kappa shape index (κ3) is 7.68. The maximum Gasteiger partial charge on any atom is 0.370 e. The van der Waals surface area contributed by atoms with Crippen LogP contribution in [0.3, 0.4) is 0 Å². The SMILES string of the molecule is CC(=O)N[C@H]1[C@H]([C@H](O)[C@H](O)CO)OC(C(=O)O)=C[C@@H]1NC(=O)N[C@@H](CCC(N)=O)C(=O)O. The Labute approximate surface area is 181 Å². The Balaban J connectivity index is 3.16. The van der Waals surface area contributed by atoms with Gasteiger partial charge in [0.25, 0.3) is 0 Å². The van der Waals surface area contributed by atoms with Gasteiger partial charge in [0.05, 0.1) is 18.7 Å². The smallest absolute Gasteiger partial charge is 0.370 e. The van der Waals surface area contributed by atoms with Gasteiger partial charge in [-0.3, -0.25) is 9.59 Å². The number of carbonyl (C=O) groups is 5. The average Bonchev–Trinajstić information content (AvgIpc) is 2.69. The van der Waals surface area contributed by atoms with Crippen molar-refractivity contribution in [3.63, 3.8) is 0 Å². The highest BCUT2D eigenvalue weighted by Gasteiger charge is 2.44. The molecular weight excluding hydrogens is 436 g/mol. The minimum Gasteiger partial charge on any atom is -0.480 e. The van der Waals surface area contributed by atoms with E-state index in [1.165, 1.54) is 0 Å². The van der Waals surface area contributed by atoms with Crippen LogP contribution in [0, 0.1) is 0 Å². The number of nitrogens with one attached hydrogen (secondary N) is 3. The maximum atomic E-state index is 12.4. The number of urea groups is 1. The lowest BCUT2D eigenvalue weighted by atomic mass is 9.92. The average molecular weight is 462 g/mol. The number of aliphatic hydroxyl groups is 3. The van der Waals surface area contributed by atoms with Gasteiger partial charge < -0.3 is 52.0 Å². The molecule has 32 heavy (non-hydrogen) atoms. The van der Waals surface area contributed by atoms with Crippen molar-refractivity contribution >= 4 is 29.8 Å². The number of ether oxygens (including phenoxy) is 1. The summed E-state index contributed by atoms with van der Waals surface area (Å²) in [4.78, 5) is 57.6. The predicted octanol–water partition coefficient (Wildman–Crippen LogP) is -4.04. The number of aliphatic hydroxyl groups excluding tert-OH is 3. The summed E-state index contributed by atoms with van der Waals surface area (Å²) in [5.74, 6) is -5.26. The monoisotopic (exact) mass is 462 g/mol. The first-order valence-electron chi connectivity index (χ1n) is 9.31. The second-order valence-electron chi connectivity index (χ2n) is 6.92. The minimum absolute atomic E-state index is 0.318. The number of carbonyl (C=O) groups excluding carboxylic acids is 3. The summed E-state index contributed by atoms with van der Waals surface area (Å²) in [6.07, 6.45) is -5.03. The lowest BCUT2D eigenvalue weighted by molar-refractivity contribution is -0.146. The molecule has 0 aliphatic carbocycles. The van der Waals surface area contributed by atoms with Crippen molar-refractivity contribution in [3.8, 4) is 0 Å². The van der Waals surface area contributed by atoms with E-state index >= 15 is 0 Å². The molecule has 0 bridgehead atoms. The van der Waals surface area contributed by atoms with Gasteiger partial charge in [-0.2, -0.15) is 0 Å². The van der Waals surface area contributed by atoms with Crippen LogP contribution in [0.2, 0.25) is 0 Å². The molecular formula is C17H26N4O11. The summed E-state index contributed by atoms with van der Waals surface area (Å²) >= 11 is 0. The molecule has 0 spiro atoms. The van der Waals surface area contributed by atoms with Crippen LogP contribution in [0.15, 0.2) is 11.8 Å². The Hall–Kier alpha value is -3.43. The molecule has 6 atom stereocenters. The Morgan fingerprint density at radius 3 is 2.25 bits per heavy atom. The highest BCUT2D eigenvalue weighted by atomic mass is 16.5. The molecule has 0 aromatic rings. The summed E-state index contributed by atoms with van der Waals surface area (Å²) < 4.78 is 5.15. The van der Waals surface area contributed by atoms with Crippen LogP contribution >= 0.6 is 0 Å². The highest BCUT2D eigenvalue weighted by Crippen LogP contribution is 2.23. The predicted molar refractivity (Wildman–Crippen MR) is 103 cm³/mol. The zero-order chi connectivity index (χ0) is 24.6. The van der Waals surface area contributed by atoms with E-state index in [1.807, 2.05) is 0 Å². The zero-order valence-corrected chi connectivity index (χ0v) is 16.9. The molecule has 1 aliphatic heterocycles. The van der Waals surface area contributed by atoms with Crippen LogP contribution in [-0.4, -0.2) is 98.4 Å². The summed E-state index contributed by atoms with van der Waals surface area (Å²) in [6, 6.07) is -5.30. The number of hydrogen-bond acceptors (Lipinski definition) is 9. The lowest BCUT2D eigenvalue weighted by Gasteiger charge is -2.40. The van der Waals surface area contributed by atoms with Crippen molar-refractivity contribution in [2.24, 2.45) is 5.73 Å². The van der Waals surface area contributed by atoms with E-state index in [2.05, 4.69) is 16.0 Å². The van der Waals surface area contributed by atoms with E-state index in [0.29, 0.717) is 0 Å². The first-order chi connectivity index (χ1) is 14.9. The fraction of sp³-hybridized carbons (Fsp3) is 0.588. The molecule has 1 rings (SSSR count). The quantitative estimate of drug-likeness (QED) is 0.143. The Bertz CT molecular complexity index is 772. The first-order valence-corrected chi connectivity index (χ1v) is 9.31. The maximum absolute atomic E-state index is 12.4. The van der Waals surface area contributed by atoms with Crippen molar-refractivity contribution in [2.75, 3.05) is 6.61 Å². The van der Waals surface area contributed by atoms with Gasteiger partial charge >= 0.3 is 18.0 Å². The Morgan fingerprint density at radius 2 is 1.78 bits per heavy atom. The number of nitrogens with two attached hydrogens (primary N) is 1. The van der Waals surface area contributed by atoms with E-state index in [0.717, 1.165) is 13.0 Å². The largest absolute Gasteiger partial charge is 0.480 e. The summed E-state index contributed by atoms with van der Waals surface area (Å²) in [7, 11) is 0. The second-order valence-corrected chi connectivity index (χ2v) is 6.92. The molecule has 15 heteroatoms. The molecule has 0 saturated heterocycles. The fourth-order valence-electron chi connectivity index (χ4n) is 2.89. The van der Waals surface area contributed by atoms with E-state index in [4.69, 9.17) is 15.6 Å². The van der Waals surface area contributed by atoms with Crippen LogP contribution in [0.4, 0.5) is 4.79 Å². The van der Waals surface area contributed by atoms with Crippen LogP contribution in [-0.2, 0) is 23.9 Å². The summed E-state index contributed by atoms with van der Waals surface area (Å²) in [5.41, 5.74) is 4.97. The molecule has 0 aromatic carbocycles. The molecule has 0 fully saturated rings. The van der Waals surface area contributed by atoms with Crippen LogP contribution < -0.4 is 21.7 Å². The molecule has 0 aromatic heterocycles. The van der Waals surface area contributed by atoms with E-state index < -0.39 is 78.6 Å². The lowest BCUT2D eigenvalue weighted by Crippen LogP contribution is -2.64. The van der Waals surface area contributed by atoms with Crippen molar-refractivity contribution in [2.45, 2.75) is 56.2 Å². The van der Waals surface area contributed by atoms with Gasteiger partial charge in [0, 0.05) is 13.3 Å². The Kier molecular flexibility index (Phi) is 9.83. The van der Waals surface area contributed by atoms with Crippen molar-refractivity contribution in [1.29, 1.82) is 0 Å². The molecule has 0 unspecified atom stereocenters. The van der Waals surface area contributed by atoms with Gasteiger partial charge in [-0.15, -0.1) is 0 Å². The molecule has 1 heterocycles. The number of carboxylic acid groups (broad SMARTS) is 2. The van der Waals surface area contributed by atoms with E-state index in [1.54, 1.807) is 0 Å². The number of hydrogen-bond donors (Lipinski definition) is 9. The summed E-state index contributed by atoms with van der Waals surface area (Å²) in [6.45, 7) is 0.169. The second kappa shape index (κ2) is 11.8. The van der Waals surface area contributed by atoms with Gasteiger partial charge in [-0.05, 0) is 12.5 Å². The fourth-order valence-corrected chi connectivity index (χ4v) is 2.89. The van der Waals surface area contributed by atoms with Crippen molar-refractivity contribution in [3.05, 3.63) is 11.8 Å². The normalized spacial score (nSPS) is 22.9. The molecule has 0 saturated carbocycles. The standard InChI is InChI=1S/C17H26N4O11/c1-6(23)19-12-8(21-17(31)20-7(15(27)28)2-3-11(18)25)4-10(16(29)30)32-14(12)13(26)9(24)5-22/h4,7-9,12-14,22,24,26H,2-3,5H2,1H3,(H2,18,25)(H,19,23)(H,27,28)(H,29,30)(H2,20,21,31)/t7-,8-,9+,12+,13+,14+/m0/s1. The first kappa shape index (κ1) is 26.6. The summed E-state index contributed by atoms with van der Waals surface area (Å²) in [5, 5.41) is 54.2. The number of amides is 4. The van der Waals surface area contributed by atoms with Gasteiger partial charge in [0.1, 0.15) is 24.4 Å². The number of primary amides is 1. The Morgan fingerprint density at radius 1 is 1.16 bits per heavy atom. The zero-order valence-electron chi connectivity index (χ0n) is 16.9. The number of rotatable bonds is 11. The third-order valence-corrected chi connectivity index (χ3v) is 4.41. The van der Waals surface area contributed by atoms with Gasteiger partial charge in [0.2, 0.25) is 17.6 Å². The molecule has 0 radical (unpaired) electrons. The third-order valence-electron chi connectivity index (χ3n) is 4.41. The molecule has 15 nitrogen and oxygen atoms in total. The van der Waals surface area contributed by atoms with Crippen molar-refractivity contribution < 1.29 is 54.2 Å². The molecule has 10 N–H and O–H groups in total. The van der Waals surface area contributed by atoms with Gasteiger partial charge in [-0.1, -0.05) is 0 Å². The number of carboxylic acids is 2. The van der Waals surface area contributed by atoms with Crippen molar-refractivity contribution in [1.82, 2.24) is 16.0 Å². The molecule has 180 valence electrons. The molecule has 1 aliphatic rings. The molecule has 4 amide bonds. The van der Waals surface area contributed by atoms with Gasteiger partial charge in [0.15, 0.2) is 0 Å². The van der Waals surface area contributed by atoms with Crippen LogP contribution in [0.25, 0.3) is 0 Å². The number of aliphatic carboxylic acids is 2. The highest BCUT2D eigenvalue weighted by molar-refractivity contribution is 5.86.